The van der Waals surface area contributed by atoms with Gasteiger partial charge in [0, 0.05) is 38.3 Å². The molecule has 1 spiro atoms. The number of piperidine rings is 2. The number of aryl methyl sites for hydroxylation is 1. The molecule has 2 aliphatic heterocycles. The zero-order valence-electron chi connectivity index (χ0n) is 18.0. The lowest BCUT2D eigenvalue weighted by Crippen LogP contribution is -2.55. The summed E-state index contributed by atoms with van der Waals surface area (Å²) >= 11 is 0. The van der Waals surface area contributed by atoms with Gasteiger partial charge in [0.1, 0.15) is 6.54 Å². The Morgan fingerprint density at radius 3 is 2.81 bits per heavy atom. The van der Waals surface area contributed by atoms with E-state index in [0.29, 0.717) is 6.54 Å². The molecule has 8 nitrogen and oxygen atoms in total. The highest BCUT2D eigenvalue weighted by atomic mass is 16.3. The number of hydrogen-bond acceptors (Lipinski definition) is 5. The molecule has 3 aromatic rings. The van der Waals surface area contributed by atoms with Crippen molar-refractivity contribution in [3.05, 3.63) is 48.7 Å². The third-order valence-corrected chi connectivity index (χ3v) is 7.03. The fraction of sp³-hybridized carbons (Fsp3) is 0.522. The Morgan fingerprint density at radius 1 is 1.23 bits per heavy atom. The number of aliphatic hydroxyl groups is 1. The summed E-state index contributed by atoms with van der Waals surface area (Å²) in [4.78, 5) is 21.7. The lowest BCUT2D eigenvalue weighted by molar-refractivity contribution is -0.141. The van der Waals surface area contributed by atoms with Crippen molar-refractivity contribution >= 4 is 16.8 Å². The van der Waals surface area contributed by atoms with Crippen molar-refractivity contribution < 1.29 is 9.90 Å². The largest absolute Gasteiger partial charge is 0.391 e. The molecule has 8 heteroatoms. The lowest BCUT2D eigenvalue weighted by atomic mass is 9.71. The first-order valence-electron chi connectivity index (χ1n) is 11.1. The van der Waals surface area contributed by atoms with Crippen LogP contribution in [0.15, 0.2) is 43.0 Å². The molecule has 31 heavy (non-hydrogen) atoms. The maximum Gasteiger partial charge on any atom is 0.244 e. The van der Waals surface area contributed by atoms with E-state index in [-0.39, 0.29) is 17.9 Å². The number of fused-ring (bicyclic) bond motifs is 1. The monoisotopic (exact) mass is 422 g/mol. The number of carbonyl (C=O) groups is 1. The summed E-state index contributed by atoms with van der Waals surface area (Å²) in [6.07, 6.45) is 7.87. The van der Waals surface area contributed by atoms with Crippen LogP contribution >= 0.6 is 0 Å². The molecule has 2 fully saturated rings. The highest BCUT2D eigenvalue weighted by molar-refractivity contribution is 5.82. The van der Waals surface area contributed by atoms with Gasteiger partial charge in [0.05, 0.1) is 29.8 Å². The van der Waals surface area contributed by atoms with Crippen molar-refractivity contribution in [2.75, 3.05) is 26.2 Å². The van der Waals surface area contributed by atoms with Crippen LogP contribution in [0.25, 0.3) is 10.9 Å². The highest BCUT2D eigenvalue weighted by Gasteiger charge is 2.42. The topological polar surface area (TPSA) is 79.4 Å². The van der Waals surface area contributed by atoms with Gasteiger partial charge in [0.2, 0.25) is 5.91 Å². The van der Waals surface area contributed by atoms with Gasteiger partial charge in [0.15, 0.2) is 0 Å². The number of likely N-dealkylation sites (tertiary alicyclic amines) is 2. The van der Waals surface area contributed by atoms with Crippen LogP contribution in [-0.4, -0.2) is 72.4 Å². The first kappa shape index (κ1) is 20.2. The molecule has 2 aromatic heterocycles. The molecule has 1 aromatic carbocycles. The maximum absolute atomic E-state index is 13.1. The molecular formula is C23H30N6O2. The Morgan fingerprint density at radius 2 is 2.03 bits per heavy atom. The van der Waals surface area contributed by atoms with Crippen molar-refractivity contribution in [3.63, 3.8) is 0 Å². The number of aliphatic hydroxyl groups excluding tert-OH is 1. The summed E-state index contributed by atoms with van der Waals surface area (Å²) in [5.74, 6) is 0.0318. The van der Waals surface area contributed by atoms with Gasteiger partial charge in [-0.25, -0.2) is 4.98 Å². The summed E-state index contributed by atoms with van der Waals surface area (Å²) in [7, 11) is 2.03. The van der Waals surface area contributed by atoms with Crippen molar-refractivity contribution in [2.24, 2.45) is 12.5 Å². The molecular weight excluding hydrogens is 392 g/mol. The summed E-state index contributed by atoms with van der Waals surface area (Å²) < 4.78 is 3.83. The number of amides is 1. The fourth-order valence-electron chi connectivity index (χ4n) is 5.24. The second kappa shape index (κ2) is 8.09. The Balaban J connectivity index is 1.24. The van der Waals surface area contributed by atoms with Gasteiger partial charge in [-0.1, -0.05) is 18.2 Å². The fourth-order valence-corrected chi connectivity index (χ4v) is 5.24. The van der Waals surface area contributed by atoms with Crippen molar-refractivity contribution in [2.45, 2.75) is 38.5 Å². The summed E-state index contributed by atoms with van der Waals surface area (Å²) in [6.45, 7) is 4.20. The smallest absolute Gasteiger partial charge is 0.244 e. The highest BCUT2D eigenvalue weighted by Crippen LogP contribution is 2.40. The van der Waals surface area contributed by atoms with Crippen LogP contribution in [0.1, 0.15) is 25.0 Å². The molecule has 0 aliphatic carbocycles. The van der Waals surface area contributed by atoms with Crippen LogP contribution in [0.5, 0.6) is 0 Å². The van der Waals surface area contributed by atoms with Gasteiger partial charge < -0.3 is 14.6 Å². The van der Waals surface area contributed by atoms with Crippen LogP contribution in [0, 0.1) is 5.41 Å². The minimum atomic E-state index is -0.462. The Labute approximate surface area is 182 Å². The Hall–Kier alpha value is -2.71. The average Bonchev–Trinajstić information content (AvgIpc) is 3.36. The van der Waals surface area contributed by atoms with Crippen LogP contribution in [0.3, 0.4) is 0 Å². The van der Waals surface area contributed by atoms with E-state index in [4.69, 9.17) is 0 Å². The third-order valence-electron chi connectivity index (χ3n) is 7.03. The summed E-state index contributed by atoms with van der Waals surface area (Å²) in [5.41, 5.74) is 2.18. The minimum Gasteiger partial charge on any atom is -0.391 e. The van der Waals surface area contributed by atoms with Crippen molar-refractivity contribution in [1.29, 1.82) is 0 Å². The number of nitrogens with zero attached hydrogens (tertiary/aromatic N) is 6. The molecule has 2 aliphatic rings. The summed E-state index contributed by atoms with van der Waals surface area (Å²) in [5, 5.41) is 16.0. The Bertz CT molecular complexity index is 1060. The molecule has 0 bridgehead atoms. The molecule has 2 saturated heterocycles. The van der Waals surface area contributed by atoms with Gasteiger partial charge in [-0.15, -0.1) is 0 Å². The van der Waals surface area contributed by atoms with Crippen molar-refractivity contribution in [3.8, 4) is 0 Å². The van der Waals surface area contributed by atoms with E-state index >= 15 is 0 Å². The van der Waals surface area contributed by atoms with E-state index in [9.17, 15) is 9.90 Å². The molecule has 4 heterocycles. The number of benzene rings is 1. The molecule has 0 saturated carbocycles. The first-order chi connectivity index (χ1) is 15.0. The molecule has 1 unspecified atom stereocenters. The van der Waals surface area contributed by atoms with Gasteiger partial charge in [0.25, 0.3) is 0 Å². The standard InChI is InChI=1S/C23H30N6O2/c1-26-17-24-12-19(26)13-27-8-6-23(7-9-27)10-20(30)14-28(16-23)22(31)15-29-21-5-3-2-4-18(21)11-25-29/h2-5,11-12,17,20,30H,6-10,13-16H2,1H3. The van der Waals surface area contributed by atoms with E-state index in [1.54, 1.807) is 10.9 Å². The second-order valence-electron chi connectivity index (χ2n) is 9.27. The van der Waals surface area contributed by atoms with Crippen molar-refractivity contribution in [1.82, 2.24) is 29.1 Å². The van der Waals surface area contributed by atoms with Crippen LogP contribution < -0.4 is 0 Å². The number of carbonyl (C=O) groups excluding carboxylic acids is 1. The van der Waals surface area contributed by atoms with Gasteiger partial charge in [-0.3, -0.25) is 14.4 Å². The third kappa shape index (κ3) is 4.09. The zero-order valence-corrected chi connectivity index (χ0v) is 18.0. The molecule has 1 atom stereocenters. The molecule has 1 amide bonds. The second-order valence-corrected chi connectivity index (χ2v) is 9.27. The lowest BCUT2D eigenvalue weighted by Gasteiger charge is -2.49. The number of aromatic nitrogens is 4. The predicted octanol–water partition coefficient (Wildman–Crippen LogP) is 1.65. The van der Waals surface area contributed by atoms with Crippen LogP contribution in [-0.2, 0) is 24.9 Å². The van der Waals surface area contributed by atoms with E-state index < -0.39 is 6.10 Å². The number of imidazole rings is 1. The SMILES string of the molecule is Cn1cncc1CN1CCC2(CC1)CC(O)CN(C(=O)Cn1ncc3ccccc31)C2. The predicted molar refractivity (Wildman–Crippen MR) is 117 cm³/mol. The quantitative estimate of drug-likeness (QED) is 0.692. The summed E-state index contributed by atoms with van der Waals surface area (Å²) in [6, 6.07) is 7.92. The average molecular weight is 423 g/mol. The number of para-hydroxylation sites is 1. The molecule has 0 radical (unpaired) electrons. The van der Waals surface area contributed by atoms with Crippen LogP contribution in [0.4, 0.5) is 0 Å². The van der Waals surface area contributed by atoms with E-state index in [0.717, 1.165) is 56.3 Å². The first-order valence-corrected chi connectivity index (χ1v) is 11.1. The molecule has 1 N–H and O–H groups in total. The number of rotatable bonds is 4. The maximum atomic E-state index is 13.1. The molecule has 5 rings (SSSR count). The van der Waals surface area contributed by atoms with Gasteiger partial charge >= 0.3 is 0 Å². The van der Waals surface area contributed by atoms with E-state index in [2.05, 4.69) is 19.5 Å². The van der Waals surface area contributed by atoms with E-state index in [1.807, 2.05) is 48.7 Å². The van der Waals surface area contributed by atoms with Gasteiger partial charge in [-0.2, -0.15) is 5.10 Å². The molecule has 164 valence electrons. The van der Waals surface area contributed by atoms with Gasteiger partial charge in [-0.05, 0) is 43.8 Å². The number of hydrogen-bond donors (Lipinski definition) is 1. The Kier molecular flexibility index (Phi) is 5.27. The number of β-amino-alcohol motifs (C(OH)–C–C–N with tert-alkyl or cyclic N) is 1. The zero-order chi connectivity index (χ0) is 21.4. The van der Waals surface area contributed by atoms with E-state index in [1.165, 1.54) is 5.69 Å². The normalized spacial score (nSPS) is 21.7. The minimum absolute atomic E-state index is 0.00245. The van der Waals surface area contributed by atoms with Crippen LogP contribution in [0.2, 0.25) is 0 Å².